The minimum Gasteiger partial charge on any atom is -0.493 e. The summed E-state index contributed by atoms with van der Waals surface area (Å²) in [6.07, 6.45) is 3.70. The maximum absolute atomic E-state index is 5.47. The van der Waals surface area contributed by atoms with E-state index in [4.69, 9.17) is 9.47 Å². The summed E-state index contributed by atoms with van der Waals surface area (Å²) in [6.45, 7) is 3.92. The molecular weight excluding hydrogens is 470 g/mol. The van der Waals surface area contributed by atoms with E-state index in [1.165, 1.54) is 0 Å². The number of hydrogen-bond donors (Lipinski definition) is 1. The van der Waals surface area contributed by atoms with Gasteiger partial charge in [-0.3, -0.25) is 4.98 Å². The van der Waals surface area contributed by atoms with Gasteiger partial charge in [-0.25, -0.2) is 4.98 Å². The number of hydrogen-bond acceptors (Lipinski definition) is 6. The summed E-state index contributed by atoms with van der Waals surface area (Å²) >= 11 is 0. The van der Waals surface area contributed by atoms with Crippen molar-refractivity contribution in [3.8, 4) is 22.6 Å². The lowest BCUT2D eigenvalue weighted by atomic mass is 10.0. The van der Waals surface area contributed by atoms with Crippen LogP contribution in [0.2, 0.25) is 0 Å². The number of ether oxygens (including phenoxy) is 2. The van der Waals surface area contributed by atoms with E-state index in [0.717, 1.165) is 54.0 Å². The molecule has 30 heavy (non-hydrogen) atoms. The average molecular weight is 496 g/mol. The zero-order chi connectivity index (χ0) is 17.9. The van der Waals surface area contributed by atoms with Crippen molar-refractivity contribution in [3.05, 3.63) is 42.7 Å². The summed E-state index contributed by atoms with van der Waals surface area (Å²) in [5.41, 5.74) is 3.10. The van der Waals surface area contributed by atoms with Gasteiger partial charge in [0, 0.05) is 50.0 Å². The topological polar surface area (TPSA) is 59.5 Å². The van der Waals surface area contributed by atoms with Gasteiger partial charge in [-0.15, -0.1) is 49.6 Å². The molecule has 0 spiro atoms. The molecule has 0 radical (unpaired) electrons. The lowest BCUT2D eigenvalue weighted by Crippen LogP contribution is -2.43. The highest BCUT2D eigenvalue weighted by Crippen LogP contribution is 2.36. The molecule has 1 aliphatic heterocycles. The third-order valence-electron chi connectivity index (χ3n) is 4.74. The Labute approximate surface area is 201 Å². The van der Waals surface area contributed by atoms with E-state index in [1.807, 2.05) is 36.7 Å². The molecule has 0 amide bonds. The van der Waals surface area contributed by atoms with Gasteiger partial charge in [0.25, 0.3) is 0 Å². The first-order valence-electron chi connectivity index (χ1n) is 8.73. The first-order valence-corrected chi connectivity index (χ1v) is 8.73. The van der Waals surface area contributed by atoms with Gasteiger partial charge < -0.3 is 19.7 Å². The Hall–Kier alpha value is -1.70. The molecule has 10 heteroatoms. The van der Waals surface area contributed by atoms with Crippen molar-refractivity contribution in [1.82, 2.24) is 15.3 Å². The van der Waals surface area contributed by atoms with Crippen LogP contribution >= 0.6 is 49.6 Å². The van der Waals surface area contributed by atoms with Gasteiger partial charge in [-0.05, 0) is 35.4 Å². The molecule has 0 saturated carbocycles. The Bertz CT molecular complexity index is 940. The summed E-state index contributed by atoms with van der Waals surface area (Å²) < 4.78 is 10.9. The highest BCUT2D eigenvalue weighted by atomic mass is 35.5. The lowest BCUT2D eigenvalue weighted by molar-refractivity contribution is 0.356. The maximum atomic E-state index is 5.47. The molecule has 1 N–H and O–H groups in total. The number of anilines is 1. The number of piperazine rings is 1. The zero-order valence-corrected chi connectivity index (χ0v) is 19.9. The molecule has 0 aliphatic carbocycles. The third kappa shape index (κ3) is 5.71. The van der Waals surface area contributed by atoms with Crippen LogP contribution in [0.25, 0.3) is 22.0 Å². The summed E-state index contributed by atoms with van der Waals surface area (Å²) in [4.78, 5) is 11.4. The van der Waals surface area contributed by atoms with Crippen LogP contribution < -0.4 is 19.7 Å². The monoisotopic (exact) mass is 494 g/mol. The van der Waals surface area contributed by atoms with Crippen molar-refractivity contribution in [1.29, 1.82) is 0 Å². The first-order chi connectivity index (χ1) is 12.8. The fourth-order valence-electron chi connectivity index (χ4n) is 3.38. The molecular formula is C20H26Cl4N4O2. The van der Waals surface area contributed by atoms with Crippen LogP contribution in [0.15, 0.2) is 42.7 Å². The predicted octanol–water partition coefficient (Wildman–Crippen LogP) is 4.41. The molecule has 1 aromatic carbocycles. The second-order valence-corrected chi connectivity index (χ2v) is 6.22. The Balaban J connectivity index is 0.00000210. The number of halogens is 4. The summed E-state index contributed by atoms with van der Waals surface area (Å²) in [5, 5.41) is 4.41. The molecule has 3 heterocycles. The maximum Gasteiger partial charge on any atom is 0.162 e. The van der Waals surface area contributed by atoms with E-state index in [9.17, 15) is 0 Å². The fourth-order valence-corrected chi connectivity index (χ4v) is 3.38. The molecule has 0 bridgehead atoms. The standard InChI is InChI=1S/C20H22N4O2.4ClH/c1-25-18-12-16-15(4-6-22-17(16)13-19(18)26-2)14-3-5-23-20(11-14)24-9-7-21-8-10-24;;;;/h3-6,11-13,21H,7-10H2,1-2H3;4*1H. The number of aromatic nitrogens is 2. The van der Waals surface area contributed by atoms with Crippen LogP contribution in [-0.2, 0) is 0 Å². The van der Waals surface area contributed by atoms with Crippen LogP contribution in [-0.4, -0.2) is 50.4 Å². The van der Waals surface area contributed by atoms with Gasteiger partial charge in [-0.2, -0.15) is 0 Å². The van der Waals surface area contributed by atoms with Crippen molar-refractivity contribution < 1.29 is 9.47 Å². The van der Waals surface area contributed by atoms with Gasteiger partial charge in [0.05, 0.1) is 19.7 Å². The van der Waals surface area contributed by atoms with E-state index < -0.39 is 0 Å². The molecule has 1 fully saturated rings. The van der Waals surface area contributed by atoms with E-state index in [0.29, 0.717) is 11.5 Å². The van der Waals surface area contributed by atoms with Crippen molar-refractivity contribution in [2.24, 2.45) is 0 Å². The molecule has 3 aromatic rings. The van der Waals surface area contributed by atoms with Gasteiger partial charge in [0.2, 0.25) is 0 Å². The van der Waals surface area contributed by atoms with Crippen molar-refractivity contribution in [2.75, 3.05) is 45.3 Å². The van der Waals surface area contributed by atoms with Crippen LogP contribution in [0.4, 0.5) is 5.82 Å². The first kappa shape index (κ1) is 28.3. The molecule has 166 valence electrons. The average Bonchev–Trinajstić information content (AvgIpc) is 2.73. The Kier molecular flexibility index (Phi) is 12.1. The molecule has 2 aromatic heterocycles. The second-order valence-electron chi connectivity index (χ2n) is 6.22. The molecule has 1 saturated heterocycles. The highest BCUT2D eigenvalue weighted by Gasteiger charge is 2.14. The van der Waals surface area contributed by atoms with E-state index >= 15 is 0 Å². The fraction of sp³-hybridized carbons (Fsp3) is 0.300. The lowest BCUT2D eigenvalue weighted by Gasteiger charge is -2.28. The Morgan fingerprint density at radius 1 is 0.833 bits per heavy atom. The van der Waals surface area contributed by atoms with Crippen LogP contribution in [0, 0.1) is 0 Å². The van der Waals surface area contributed by atoms with Crippen molar-refractivity contribution in [2.45, 2.75) is 0 Å². The molecule has 6 nitrogen and oxygen atoms in total. The Morgan fingerprint density at radius 2 is 1.47 bits per heavy atom. The number of pyridine rings is 2. The summed E-state index contributed by atoms with van der Waals surface area (Å²) in [5.74, 6) is 2.39. The van der Waals surface area contributed by atoms with Crippen molar-refractivity contribution >= 4 is 66.3 Å². The normalized spacial score (nSPS) is 12.5. The predicted molar refractivity (Wildman–Crippen MR) is 132 cm³/mol. The largest absolute Gasteiger partial charge is 0.493 e. The minimum absolute atomic E-state index is 0. The number of rotatable bonds is 4. The number of methoxy groups -OCH3 is 2. The SMILES string of the molecule is COc1cc2nccc(-c3ccnc(N4CCNCC4)c3)c2cc1OC.Cl.Cl.Cl.Cl. The number of fused-ring (bicyclic) bond motifs is 1. The number of nitrogens with one attached hydrogen (secondary N) is 1. The quantitative estimate of drug-likeness (QED) is 0.578. The molecule has 0 unspecified atom stereocenters. The number of benzene rings is 1. The van der Waals surface area contributed by atoms with Gasteiger partial charge in [0.1, 0.15) is 5.82 Å². The van der Waals surface area contributed by atoms with E-state index in [1.54, 1.807) is 14.2 Å². The zero-order valence-electron chi connectivity index (χ0n) is 16.7. The van der Waals surface area contributed by atoms with Crippen LogP contribution in [0.1, 0.15) is 0 Å². The van der Waals surface area contributed by atoms with Gasteiger partial charge in [0.15, 0.2) is 11.5 Å². The van der Waals surface area contributed by atoms with Crippen LogP contribution in [0.5, 0.6) is 11.5 Å². The van der Waals surface area contributed by atoms with Gasteiger partial charge in [-0.1, -0.05) is 0 Å². The van der Waals surface area contributed by atoms with Gasteiger partial charge >= 0.3 is 0 Å². The second kappa shape index (κ2) is 12.9. The van der Waals surface area contributed by atoms with E-state index in [-0.39, 0.29) is 49.6 Å². The molecule has 0 atom stereocenters. The van der Waals surface area contributed by atoms with E-state index in [2.05, 4.69) is 26.3 Å². The highest BCUT2D eigenvalue weighted by molar-refractivity contribution is 5.96. The third-order valence-corrected chi connectivity index (χ3v) is 4.74. The number of nitrogens with zero attached hydrogens (tertiary/aromatic N) is 3. The molecule has 1 aliphatic rings. The minimum atomic E-state index is 0. The van der Waals surface area contributed by atoms with Crippen LogP contribution in [0.3, 0.4) is 0 Å². The summed E-state index contributed by atoms with van der Waals surface area (Å²) in [7, 11) is 3.28. The van der Waals surface area contributed by atoms with Crippen molar-refractivity contribution in [3.63, 3.8) is 0 Å². The Morgan fingerprint density at radius 3 is 2.13 bits per heavy atom. The smallest absolute Gasteiger partial charge is 0.162 e. The summed E-state index contributed by atoms with van der Waals surface area (Å²) in [6, 6.07) is 10.1. The molecule has 4 rings (SSSR count).